The van der Waals surface area contributed by atoms with Gasteiger partial charge in [-0.15, -0.1) is 0 Å². The van der Waals surface area contributed by atoms with Crippen LogP contribution in [0.5, 0.6) is 0 Å². The lowest BCUT2D eigenvalue weighted by Crippen LogP contribution is -2.05. The molecular weight excluding hydrogens is 326 g/mol. The molecule has 1 heterocycles. The molecule has 1 aliphatic carbocycles. The normalized spacial score (nSPS) is 16.3. The van der Waals surface area contributed by atoms with Crippen LogP contribution < -0.4 is 0 Å². The Hall–Kier alpha value is -1.27. The van der Waals surface area contributed by atoms with Gasteiger partial charge in [-0.3, -0.25) is 0 Å². The van der Waals surface area contributed by atoms with Crippen molar-refractivity contribution >= 4 is 21.2 Å². The van der Waals surface area contributed by atoms with E-state index < -0.39 is 26.4 Å². The van der Waals surface area contributed by atoms with Crippen molar-refractivity contribution < 1.29 is 17.2 Å². The lowest BCUT2D eigenvalue weighted by molar-refractivity contribution is 0.522. The molecule has 0 unspecified atom stereocenters. The maximum atomic E-state index is 14.1. The zero-order valence-electron chi connectivity index (χ0n) is 12.1. The van der Waals surface area contributed by atoms with E-state index in [0.29, 0.717) is 11.5 Å². The first-order valence-corrected chi connectivity index (χ1v) is 9.97. The average molecular weight is 342 g/mol. The quantitative estimate of drug-likeness (QED) is 0.806. The summed E-state index contributed by atoms with van der Waals surface area (Å²) in [5, 5.41) is 3.91. The maximum Gasteiger partial charge on any atom is 0.181 e. The van der Waals surface area contributed by atoms with E-state index in [0.717, 1.165) is 42.4 Å². The molecule has 1 aromatic carbocycles. The summed E-state index contributed by atoms with van der Waals surface area (Å²) in [6, 6.07) is 2.25. The summed E-state index contributed by atoms with van der Waals surface area (Å²) in [7, 11) is -3.92. The molecule has 0 N–H and O–H groups in total. The third-order valence-corrected chi connectivity index (χ3v) is 6.06. The summed E-state index contributed by atoms with van der Waals surface area (Å²) >= 11 is 1.51. The Balaban J connectivity index is 2.09. The topological polar surface area (TPSA) is 34.1 Å². The van der Waals surface area contributed by atoms with Crippen molar-refractivity contribution in [2.24, 2.45) is 0 Å². The van der Waals surface area contributed by atoms with Crippen LogP contribution in [0.25, 0.3) is 11.1 Å². The molecule has 2 nitrogen and oxygen atoms in total. The van der Waals surface area contributed by atoms with Crippen LogP contribution in [-0.2, 0) is 9.84 Å². The van der Waals surface area contributed by atoms with Crippen LogP contribution in [0, 0.1) is 11.6 Å². The minimum absolute atomic E-state index is 0.408. The number of hydrogen-bond donors (Lipinski definition) is 0. The molecule has 6 heteroatoms. The molecule has 2 aromatic rings. The van der Waals surface area contributed by atoms with Gasteiger partial charge in [0, 0.05) is 6.26 Å². The first-order chi connectivity index (χ1) is 10.4. The second-order valence-electron chi connectivity index (χ2n) is 5.76. The van der Waals surface area contributed by atoms with E-state index in [1.807, 2.05) is 10.8 Å². The Bertz CT molecular complexity index is 780. The Labute approximate surface area is 132 Å². The minimum Gasteiger partial charge on any atom is -0.224 e. The molecule has 1 aliphatic rings. The van der Waals surface area contributed by atoms with Gasteiger partial charge in [-0.1, -0.05) is 12.8 Å². The molecule has 0 radical (unpaired) electrons. The van der Waals surface area contributed by atoms with Crippen molar-refractivity contribution in [2.75, 3.05) is 6.26 Å². The largest absolute Gasteiger partial charge is 0.224 e. The van der Waals surface area contributed by atoms with Crippen LogP contribution >= 0.6 is 11.3 Å². The first kappa shape index (κ1) is 15.6. The molecule has 0 aliphatic heterocycles. The van der Waals surface area contributed by atoms with Gasteiger partial charge < -0.3 is 0 Å². The van der Waals surface area contributed by atoms with E-state index in [4.69, 9.17) is 0 Å². The Morgan fingerprint density at radius 1 is 1.09 bits per heavy atom. The van der Waals surface area contributed by atoms with Crippen LogP contribution in [0.15, 0.2) is 27.8 Å². The number of hydrogen-bond acceptors (Lipinski definition) is 3. The van der Waals surface area contributed by atoms with E-state index in [9.17, 15) is 17.2 Å². The van der Waals surface area contributed by atoms with Crippen LogP contribution in [0.4, 0.5) is 8.78 Å². The second-order valence-corrected chi connectivity index (χ2v) is 8.46. The number of halogens is 2. The molecule has 0 spiro atoms. The third kappa shape index (κ3) is 2.82. The molecule has 1 fully saturated rings. The number of sulfone groups is 1. The maximum absolute atomic E-state index is 14.1. The van der Waals surface area contributed by atoms with Crippen molar-refractivity contribution in [3.63, 3.8) is 0 Å². The van der Waals surface area contributed by atoms with Gasteiger partial charge in [-0.25, -0.2) is 17.2 Å². The molecule has 1 aromatic heterocycles. The van der Waals surface area contributed by atoms with Gasteiger partial charge in [0.2, 0.25) is 0 Å². The average Bonchev–Trinajstić information content (AvgIpc) is 3.07. The van der Waals surface area contributed by atoms with Gasteiger partial charge in [-0.05, 0) is 58.3 Å². The zero-order valence-corrected chi connectivity index (χ0v) is 13.7. The predicted octanol–water partition coefficient (Wildman–Crippen LogP) is 4.75. The van der Waals surface area contributed by atoms with Crippen LogP contribution in [0.1, 0.15) is 37.2 Å². The van der Waals surface area contributed by atoms with Crippen molar-refractivity contribution in [1.29, 1.82) is 0 Å². The molecule has 0 atom stereocenters. The highest BCUT2D eigenvalue weighted by Gasteiger charge is 2.24. The van der Waals surface area contributed by atoms with E-state index in [1.165, 1.54) is 24.2 Å². The Morgan fingerprint density at radius 3 is 2.23 bits per heavy atom. The van der Waals surface area contributed by atoms with Crippen LogP contribution in [-0.4, -0.2) is 14.7 Å². The zero-order chi connectivity index (χ0) is 15.9. The Morgan fingerprint density at radius 2 is 1.68 bits per heavy atom. The van der Waals surface area contributed by atoms with Gasteiger partial charge in [0.1, 0.15) is 16.5 Å². The smallest absolute Gasteiger partial charge is 0.181 e. The molecule has 118 valence electrons. The van der Waals surface area contributed by atoms with E-state index in [2.05, 4.69) is 0 Å². The number of rotatable bonds is 3. The summed E-state index contributed by atoms with van der Waals surface area (Å²) < 4.78 is 51.1. The van der Waals surface area contributed by atoms with E-state index in [1.54, 1.807) is 0 Å². The molecule has 1 saturated carbocycles. The number of benzene rings is 1. The van der Waals surface area contributed by atoms with Crippen molar-refractivity contribution in [3.8, 4) is 11.1 Å². The third-order valence-electron chi connectivity index (χ3n) is 4.17. The summed E-state index contributed by atoms with van der Waals surface area (Å²) in [5.74, 6) is -1.62. The molecule has 22 heavy (non-hydrogen) atoms. The fourth-order valence-electron chi connectivity index (χ4n) is 3.16. The molecular formula is C16H16F2O2S2. The SMILES string of the molecule is CS(=O)(=O)c1c(F)cc(-c2cscc2C2CCCC2)cc1F. The lowest BCUT2D eigenvalue weighted by atomic mass is 9.93. The van der Waals surface area contributed by atoms with Gasteiger partial charge in [0.25, 0.3) is 0 Å². The standard InChI is InChI=1S/C16H16F2O2S2/c1-22(19,20)16-14(17)6-11(7-15(16)18)13-9-21-8-12(13)10-4-2-3-5-10/h6-10H,2-5H2,1H3. The molecule has 0 amide bonds. The van der Waals surface area contributed by atoms with E-state index in [-0.39, 0.29) is 0 Å². The summed E-state index contributed by atoms with van der Waals surface area (Å²) in [4.78, 5) is -0.853. The highest BCUT2D eigenvalue weighted by Crippen LogP contribution is 2.41. The van der Waals surface area contributed by atoms with Gasteiger partial charge in [0.05, 0.1) is 0 Å². The summed E-state index contributed by atoms with van der Waals surface area (Å²) in [6.45, 7) is 0. The van der Waals surface area contributed by atoms with Crippen LogP contribution in [0.3, 0.4) is 0 Å². The molecule has 3 rings (SSSR count). The predicted molar refractivity (Wildman–Crippen MR) is 84.0 cm³/mol. The van der Waals surface area contributed by atoms with Crippen molar-refractivity contribution in [3.05, 3.63) is 40.1 Å². The van der Waals surface area contributed by atoms with Crippen molar-refractivity contribution in [2.45, 2.75) is 36.5 Å². The van der Waals surface area contributed by atoms with Gasteiger partial charge in [-0.2, -0.15) is 11.3 Å². The Kier molecular flexibility index (Phi) is 4.07. The highest BCUT2D eigenvalue weighted by atomic mass is 32.2. The fraction of sp³-hybridized carbons (Fsp3) is 0.375. The van der Waals surface area contributed by atoms with Gasteiger partial charge in [0.15, 0.2) is 9.84 Å². The van der Waals surface area contributed by atoms with Crippen molar-refractivity contribution in [1.82, 2.24) is 0 Å². The molecule has 0 bridgehead atoms. The monoisotopic (exact) mass is 342 g/mol. The van der Waals surface area contributed by atoms with E-state index >= 15 is 0 Å². The second kappa shape index (κ2) is 5.74. The van der Waals surface area contributed by atoms with Crippen LogP contribution in [0.2, 0.25) is 0 Å². The molecule has 0 saturated heterocycles. The highest BCUT2D eigenvalue weighted by molar-refractivity contribution is 7.90. The summed E-state index contributed by atoms with van der Waals surface area (Å²) in [5.41, 5.74) is 2.34. The fourth-order valence-corrected chi connectivity index (χ4v) is 4.93. The minimum atomic E-state index is -3.92. The van der Waals surface area contributed by atoms with Gasteiger partial charge >= 0.3 is 0 Å². The lowest BCUT2D eigenvalue weighted by Gasteiger charge is -2.12. The number of thiophene rings is 1. The summed E-state index contributed by atoms with van der Waals surface area (Å²) in [6.07, 6.45) is 5.35. The first-order valence-electron chi connectivity index (χ1n) is 7.13.